The van der Waals surface area contributed by atoms with Crippen molar-refractivity contribution < 1.29 is 14.7 Å². The number of carboxylic acid groups (broad SMARTS) is 1. The van der Waals surface area contributed by atoms with Crippen molar-refractivity contribution in [3.05, 3.63) is 65.2 Å². The molecule has 5 heteroatoms. The molecule has 0 fully saturated rings. The lowest BCUT2D eigenvalue weighted by Gasteiger charge is -2.06. The van der Waals surface area contributed by atoms with Gasteiger partial charge in [0.2, 0.25) is 0 Å². The highest BCUT2D eigenvalue weighted by molar-refractivity contribution is 5.94. The second kappa shape index (κ2) is 6.56. The molecule has 0 unspecified atom stereocenters. The molecule has 21 heavy (non-hydrogen) atoms. The van der Waals surface area contributed by atoms with E-state index in [1.165, 1.54) is 0 Å². The maximum absolute atomic E-state index is 11.9. The van der Waals surface area contributed by atoms with Crippen LogP contribution >= 0.6 is 0 Å². The minimum Gasteiger partial charge on any atom is -0.478 e. The summed E-state index contributed by atoms with van der Waals surface area (Å²) in [6.07, 6.45) is 0.639. The van der Waals surface area contributed by atoms with Gasteiger partial charge in [-0.05, 0) is 48.4 Å². The first-order chi connectivity index (χ1) is 10.1. The van der Waals surface area contributed by atoms with Crippen LogP contribution in [0.15, 0.2) is 48.5 Å². The summed E-state index contributed by atoms with van der Waals surface area (Å²) >= 11 is 0. The number of hydrogen-bond donors (Lipinski definition) is 3. The van der Waals surface area contributed by atoms with Gasteiger partial charge in [0.1, 0.15) is 0 Å². The predicted octanol–water partition coefficient (Wildman–Crippen LogP) is 1.94. The van der Waals surface area contributed by atoms with Crippen LogP contribution in [0.25, 0.3) is 0 Å². The molecule has 2 aromatic carbocycles. The summed E-state index contributed by atoms with van der Waals surface area (Å²) in [6, 6.07) is 13.3. The van der Waals surface area contributed by atoms with E-state index < -0.39 is 5.97 Å². The molecule has 2 aromatic rings. The van der Waals surface area contributed by atoms with Crippen LogP contribution in [0.1, 0.15) is 26.3 Å². The van der Waals surface area contributed by atoms with Gasteiger partial charge in [-0.2, -0.15) is 0 Å². The van der Waals surface area contributed by atoms with Crippen LogP contribution in [0, 0.1) is 0 Å². The molecule has 0 aliphatic heterocycles. The van der Waals surface area contributed by atoms with Gasteiger partial charge in [-0.3, -0.25) is 4.79 Å². The van der Waals surface area contributed by atoms with E-state index in [4.69, 9.17) is 10.8 Å². The Balaban J connectivity index is 1.85. The topological polar surface area (TPSA) is 92.4 Å². The second-order valence-electron chi connectivity index (χ2n) is 4.63. The molecule has 2 rings (SSSR count). The summed E-state index contributed by atoms with van der Waals surface area (Å²) in [4.78, 5) is 22.6. The Morgan fingerprint density at radius 2 is 1.52 bits per heavy atom. The highest BCUT2D eigenvalue weighted by Crippen LogP contribution is 2.06. The minimum absolute atomic E-state index is 0.155. The third-order valence-electron chi connectivity index (χ3n) is 3.07. The van der Waals surface area contributed by atoms with Crippen LogP contribution in [0.5, 0.6) is 0 Å². The number of nitrogens with one attached hydrogen (secondary N) is 1. The molecular formula is C16H16N2O3. The van der Waals surface area contributed by atoms with Crippen LogP contribution < -0.4 is 11.1 Å². The van der Waals surface area contributed by atoms with Crippen LogP contribution in [0.3, 0.4) is 0 Å². The van der Waals surface area contributed by atoms with Gasteiger partial charge in [0.25, 0.3) is 5.91 Å². The zero-order valence-corrected chi connectivity index (χ0v) is 11.4. The lowest BCUT2D eigenvalue weighted by Crippen LogP contribution is -2.25. The average molecular weight is 284 g/mol. The summed E-state index contributed by atoms with van der Waals surface area (Å²) in [5.41, 5.74) is 7.96. The van der Waals surface area contributed by atoms with Gasteiger partial charge in [-0.1, -0.05) is 12.1 Å². The Morgan fingerprint density at radius 1 is 0.952 bits per heavy atom. The van der Waals surface area contributed by atoms with Gasteiger partial charge in [0, 0.05) is 17.8 Å². The molecule has 0 aliphatic rings. The number of aromatic carboxylic acids is 1. The summed E-state index contributed by atoms with van der Waals surface area (Å²) in [5, 5.41) is 11.6. The van der Waals surface area contributed by atoms with E-state index in [1.54, 1.807) is 48.5 Å². The number of carbonyl (C=O) groups is 2. The molecular weight excluding hydrogens is 268 g/mol. The molecule has 0 radical (unpaired) electrons. The molecule has 108 valence electrons. The summed E-state index contributed by atoms with van der Waals surface area (Å²) in [6.45, 7) is 0.482. The number of anilines is 1. The van der Waals surface area contributed by atoms with Crippen molar-refractivity contribution in [1.29, 1.82) is 0 Å². The van der Waals surface area contributed by atoms with E-state index >= 15 is 0 Å². The smallest absolute Gasteiger partial charge is 0.335 e. The molecule has 0 spiro atoms. The number of carbonyl (C=O) groups excluding carboxylic acids is 1. The Bertz CT molecular complexity index is 634. The molecule has 0 bridgehead atoms. The van der Waals surface area contributed by atoms with Crippen molar-refractivity contribution >= 4 is 17.6 Å². The normalized spacial score (nSPS) is 10.1. The predicted molar refractivity (Wildman–Crippen MR) is 80.3 cm³/mol. The molecule has 0 heterocycles. The first-order valence-electron chi connectivity index (χ1n) is 6.52. The Labute approximate surface area is 122 Å². The molecule has 4 N–H and O–H groups in total. The van der Waals surface area contributed by atoms with Crippen LogP contribution in [-0.2, 0) is 6.42 Å². The summed E-state index contributed by atoms with van der Waals surface area (Å²) in [7, 11) is 0. The summed E-state index contributed by atoms with van der Waals surface area (Å²) < 4.78 is 0. The second-order valence-corrected chi connectivity index (χ2v) is 4.63. The largest absolute Gasteiger partial charge is 0.478 e. The van der Waals surface area contributed by atoms with Crippen molar-refractivity contribution in [1.82, 2.24) is 5.32 Å². The molecule has 1 amide bonds. The Hall–Kier alpha value is -2.82. The molecule has 0 aliphatic carbocycles. The SMILES string of the molecule is Nc1ccc(C(=O)NCCc2ccc(C(=O)O)cc2)cc1. The fourth-order valence-electron chi connectivity index (χ4n) is 1.87. The fraction of sp³-hybridized carbons (Fsp3) is 0.125. The number of rotatable bonds is 5. The van der Waals surface area contributed by atoms with E-state index in [1.807, 2.05) is 0 Å². The minimum atomic E-state index is -0.946. The van der Waals surface area contributed by atoms with Gasteiger partial charge in [0.05, 0.1) is 5.56 Å². The van der Waals surface area contributed by atoms with Crippen LogP contribution in [-0.4, -0.2) is 23.5 Å². The third-order valence-corrected chi connectivity index (χ3v) is 3.07. The first kappa shape index (κ1) is 14.6. The number of carboxylic acids is 1. The monoisotopic (exact) mass is 284 g/mol. The average Bonchev–Trinajstić information content (AvgIpc) is 2.48. The number of nitrogen functional groups attached to an aromatic ring is 1. The molecule has 5 nitrogen and oxygen atoms in total. The molecule has 0 saturated heterocycles. The van der Waals surface area contributed by atoms with E-state index in [9.17, 15) is 9.59 Å². The van der Waals surface area contributed by atoms with E-state index in [0.29, 0.717) is 24.2 Å². The van der Waals surface area contributed by atoms with Crippen LogP contribution in [0.4, 0.5) is 5.69 Å². The Kier molecular flexibility index (Phi) is 4.56. The van der Waals surface area contributed by atoms with Gasteiger partial charge in [0.15, 0.2) is 0 Å². The van der Waals surface area contributed by atoms with Gasteiger partial charge in [-0.25, -0.2) is 4.79 Å². The number of nitrogens with two attached hydrogens (primary N) is 1. The number of hydrogen-bond acceptors (Lipinski definition) is 3. The zero-order chi connectivity index (χ0) is 15.2. The number of benzene rings is 2. The lowest BCUT2D eigenvalue weighted by molar-refractivity contribution is 0.0696. The molecule has 0 atom stereocenters. The molecule has 0 saturated carbocycles. The van der Waals surface area contributed by atoms with E-state index in [0.717, 1.165) is 5.56 Å². The van der Waals surface area contributed by atoms with Crippen molar-refractivity contribution in [3.63, 3.8) is 0 Å². The highest BCUT2D eigenvalue weighted by atomic mass is 16.4. The Morgan fingerprint density at radius 3 is 2.10 bits per heavy atom. The van der Waals surface area contributed by atoms with Crippen LogP contribution in [0.2, 0.25) is 0 Å². The lowest BCUT2D eigenvalue weighted by atomic mass is 10.1. The molecule has 0 aromatic heterocycles. The maximum Gasteiger partial charge on any atom is 0.335 e. The fourth-order valence-corrected chi connectivity index (χ4v) is 1.87. The van der Waals surface area contributed by atoms with E-state index in [-0.39, 0.29) is 11.5 Å². The van der Waals surface area contributed by atoms with Crippen molar-refractivity contribution in [3.8, 4) is 0 Å². The van der Waals surface area contributed by atoms with Gasteiger partial charge in [-0.15, -0.1) is 0 Å². The quantitative estimate of drug-likeness (QED) is 0.731. The first-order valence-corrected chi connectivity index (χ1v) is 6.52. The van der Waals surface area contributed by atoms with Gasteiger partial charge >= 0.3 is 5.97 Å². The maximum atomic E-state index is 11.9. The van der Waals surface area contributed by atoms with Gasteiger partial charge < -0.3 is 16.2 Å². The summed E-state index contributed by atoms with van der Waals surface area (Å²) in [5.74, 6) is -1.10. The standard InChI is InChI=1S/C16H16N2O3/c17-14-7-5-12(6-8-14)15(19)18-10-9-11-1-3-13(4-2-11)16(20)21/h1-8H,9-10,17H2,(H,18,19)(H,20,21). The highest BCUT2D eigenvalue weighted by Gasteiger charge is 2.05. The third kappa shape index (κ3) is 4.07. The van der Waals surface area contributed by atoms with E-state index in [2.05, 4.69) is 5.32 Å². The number of amides is 1. The van der Waals surface area contributed by atoms with Crippen molar-refractivity contribution in [2.75, 3.05) is 12.3 Å². The van der Waals surface area contributed by atoms with Crippen molar-refractivity contribution in [2.45, 2.75) is 6.42 Å². The zero-order valence-electron chi connectivity index (χ0n) is 11.4. The van der Waals surface area contributed by atoms with Crippen molar-refractivity contribution in [2.24, 2.45) is 0 Å².